The van der Waals surface area contributed by atoms with Gasteiger partial charge in [-0.3, -0.25) is 9.59 Å². The van der Waals surface area contributed by atoms with Gasteiger partial charge in [-0.1, -0.05) is 12.2 Å². The highest BCUT2D eigenvalue weighted by atomic mass is 16.5. The zero-order valence-corrected chi connectivity index (χ0v) is 10.4. The van der Waals surface area contributed by atoms with Crippen LogP contribution < -0.4 is 0 Å². The number of hydrogen-bond donors (Lipinski definition) is 0. The number of carbonyl (C=O) groups is 2. The Balaban J connectivity index is 2.19. The van der Waals surface area contributed by atoms with Gasteiger partial charge in [0, 0.05) is 13.1 Å². The second kappa shape index (κ2) is 4.51. The number of hydrogen-bond acceptors (Lipinski definition) is 3. The fourth-order valence-corrected chi connectivity index (χ4v) is 2.84. The molecule has 0 saturated carbocycles. The zero-order valence-electron chi connectivity index (χ0n) is 10.4. The Bertz CT molecular complexity index is 364. The van der Waals surface area contributed by atoms with Crippen LogP contribution in [-0.4, -0.2) is 36.5 Å². The lowest BCUT2D eigenvalue weighted by atomic mass is 9.74. The summed E-state index contributed by atoms with van der Waals surface area (Å²) in [5.41, 5.74) is -0.551. The van der Waals surface area contributed by atoms with Crippen LogP contribution in [0.15, 0.2) is 12.2 Å². The van der Waals surface area contributed by atoms with Gasteiger partial charge in [-0.05, 0) is 26.2 Å². The molecule has 0 aromatic rings. The first-order valence-corrected chi connectivity index (χ1v) is 6.18. The largest absolute Gasteiger partial charge is 0.466 e. The summed E-state index contributed by atoms with van der Waals surface area (Å²) in [6.45, 7) is 2.16. The molecule has 2 bridgehead atoms. The lowest BCUT2D eigenvalue weighted by Crippen LogP contribution is -2.50. The van der Waals surface area contributed by atoms with Crippen LogP contribution in [-0.2, 0) is 14.3 Å². The molecule has 4 heteroatoms. The van der Waals surface area contributed by atoms with E-state index in [2.05, 4.69) is 6.08 Å². The Labute approximate surface area is 102 Å². The second-order valence-corrected chi connectivity index (χ2v) is 4.92. The van der Waals surface area contributed by atoms with E-state index in [1.165, 1.54) is 0 Å². The van der Waals surface area contributed by atoms with Gasteiger partial charge in [-0.15, -0.1) is 0 Å². The van der Waals surface area contributed by atoms with Crippen LogP contribution in [0.4, 0.5) is 0 Å². The van der Waals surface area contributed by atoms with Crippen LogP contribution in [0, 0.1) is 5.41 Å². The number of carbonyl (C=O) groups excluding carboxylic acids is 2. The summed E-state index contributed by atoms with van der Waals surface area (Å²) < 4.78 is 4.98. The maximum absolute atomic E-state index is 12.3. The molecule has 2 atom stereocenters. The summed E-state index contributed by atoms with van der Waals surface area (Å²) in [6, 6.07) is 0.209. The highest BCUT2D eigenvalue weighted by Gasteiger charge is 2.47. The lowest BCUT2D eigenvalue weighted by Gasteiger charge is -2.40. The first-order valence-electron chi connectivity index (χ1n) is 6.18. The van der Waals surface area contributed by atoms with E-state index in [4.69, 9.17) is 4.74 Å². The molecule has 1 aliphatic carbocycles. The Hall–Kier alpha value is -1.32. The molecule has 0 spiro atoms. The Morgan fingerprint density at radius 1 is 1.65 bits per heavy atom. The van der Waals surface area contributed by atoms with Crippen molar-refractivity contribution in [3.05, 3.63) is 12.2 Å². The Kier molecular flexibility index (Phi) is 3.22. The summed E-state index contributed by atoms with van der Waals surface area (Å²) in [4.78, 5) is 25.8. The van der Waals surface area contributed by atoms with Crippen molar-refractivity contribution in [3.8, 4) is 0 Å². The molecule has 3 rings (SSSR count). The molecule has 0 radical (unpaired) electrons. The molecule has 2 aliphatic heterocycles. The molecule has 4 nitrogen and oxygen atoms in total. The van der Waals surface area contributed by atoms with Crippen molar-refractivity contribution in [1.29, 1.82) is 0 Å². The lowest BCUT2D eigenvalue weighted by molar-refractivity contribution is -0.157. The maximum Gasteiger partial charge on any atom is 0.306 e. The monoisotopic (exact) mass is 237 g/mol. The molecule has 1 amide bonds. The van der Waals surface area contributed by atoms with Crippen molar-refractivity contribution < 1.29 is 14.3 Å². The number of allylic oxidation sites excluding steroid dienone is 1. The van der Waals surface area contributed by atoms with Gasteiger partial charge in [-0.25, -0.2) is 0 Å². The molecule has 0 N–H and O–H groups in total. The molecular weight excluding hydrogens is 218 g/mol. The fraction of sp³-hybridized carbons (Fsp3) is 0.692. The molecule has 2 unspecified atom stereocenters. The van der Waals surface area contributed by atoms with Gasteiger partial charge >= 0.3 is 5.97 Å². The maximum atomic E-state index is 12.3. The van der Waals surface area contributed by atoms with E-state index >= 15 is 0 Å². The van der Waals surface area contributed by atoms with Crippen LogP contribution in [0.2, 0.25) is 0 Å². The SMILES string of the molecule is CCOC(=O)CC12CC=CC(CC1)N(C)C2=O. The summed E-state index contributed by atoms with van der Waals surface area (Å²) in [5.74, 6) is -0.171. The number of ether oxygens (including phenoxy) is 1. The summed E-state index contributed by atoms with van der Waals surface area (Å²) in [5, 5.41) is 0. The molecule has 94 valence electrons. The van der Waals surface area contributed by atoms with Crippen molar-refractivity contribution in [2.45, 2.75) is 38.6 Å². The number of piperidine rings is 1. The predicted molar refractivity (Wildman–Crippen MR) is 63.2 cm³/mol. The summed E-state index contributed by atoms with van der Waals surface area (Å²) in [6.07, 6.45) is 6.72. The van der Waals surface area contributed by atoms with E-state index in [0.717, 1.165) is 12.8 Å². The van der Waals surface area contributed by atoms with E-state index < -0.39 is 5.41 Å². The summed E-state index contributed by atoms with van der Waals surface area (Å²) >= 11 is 0. The highest BCUT2D eigenvalue weighted by Crippen LogP contribution is 2.43. The molecular formula is C13H19NO3. The van der Waals surface area contributed by atoms with Crippen molar-refractivity contribution in [2.75, 3.05) is 13.7 Å². The van der Waals surface area contributed by atoms with E-state index in [1.54, 1.807) is 11.8 Å². The Morgan fingerprint density at radius 3 is 3.12 bits per heavy atom. The fourth-order valence-electron chi connectivity index (χ4n) is 2.84. The molecule has 1 fully saturated rings. The van der Waals surface area contributed by atoms with Crippen molar-refractivity contribution in [3.63, 3.8) is 0 Å². The number of rotatable bonds is 3. The zero-order chi connectivity index (χ0) is 12.5. The quantitative estimate of drug-likeness (QED) is 0.552. The number of nitrogens with zero attached hydrogens (tertiary/aromatic N) is 1. The van der Waals surface area contributed by atoms with Gasteiger partial charge in [0.15, 0.2) is 0 Å². The van der Waals surface area contributed by atoms with Crippen LogP contribution in [0.1, 0.15) is 32.6 Å². The third kappa shape index (κ3) is 2.08. The third-order valence-corrected chi connectivity index (χ3v) is 3.85. The minimum Gasteiger partial charge on any atom is -0.466 e. The number of fused-ring (bicyclic) bond motifs is 3. The second-order valence-electron chi connectivity index (χ2n) is 4.92. The van der Waals surface area contributed by atoms with E-state index in [9.17, 15) is 9.59 Å². The Morgan fingerprint density at radius 2 is 2.41 bits per heavy atom. The topological polar surface area (TPSA) is 46.6 Å². The van der Waals surface area contributed by atoms with E-state index in [-0.39, 0.29) is 24.3 Å². The van der Waals surface area contributed by atoms with Crippen LogP contribution in [0.3, 0.4) is 0 Å². The molecule has 0 aromatic carbocycles. The van der Waals surface area contributed by atoms with Crippen molar-refractivity contribution in [2.24, 2.45) is 5.41 Å². The number of amides is 1. The molecule has 17 heavy (non-hydrogen) atoms. The molecule has 1 saturated heterocycles. The van der Waals surface area contributed by atoms with Crippen LogP contribution in [0.5, 0.6) is 0 Å². The molecule has 3 aliphatic rings. The highest BCUT2D eigenvalue weighted by molar-refractivity contribution is 5.88. The number of esters is 1. The average molecular weight is 237 g/mol. The van der Waals surface area contributed by atoms with Crippen molar-refractivity contribution in [1.82, 2.24) is 4.90 Å². The first-order chi connectivity index (χ1) is 8.09. The van der Waals surface area contributed by atoms with Gasteiger partial charge in [-0.2, -0.15) is 0 Å². The van der Waals surface area contributed by atoms with Gasteiger partial charge in [0.25, 0.3) is 0 Å². The molecule has 0 aromatic heterocycles. The predicted octanol–water partition coefficient (Wildman–Crippen LogP) is 1.51. The average Bonchev–Trinajstić information content (AvgIpc) is 2.55. The molecule has 2 heterocycles. The van der Waals surface area contributed by atoms with Crippen molar-refractivity contribution >= 4 is 11.9 Å². The van der Waals surface area contributed by atoms with Crippen LogP contribution in [0.25, 0.3) is 0 Å². The third-order valence-electron chi connectivity index (χ3n) is 3.85. The van der Waals surface area contributed by atoms with E-state index in [0.29, 0.717) is 13.0 Å². The van der Waals surface area contributed by atoms with E-state index in [1.807, 2.05) is 13.1 Å². The normalized spacial score (nSPS) is 31.5. The summed E-state index contributed by atoms with van der Waals surface area (Å²) in [7, 11) is 1.82. The van der Waals surface area contributed by atoms with Crippen LogP contribution >= 0.6 is 0 Å². The minimum absolute atomic E-state index is 0.0896. The van der Waals surface area contributed by atoms with Gasteiger partial charge in [0.05, 0.1) is 18.4 Å². The minimum atomic E-state index is -0.551. The smallest absolute Gasteiger partial charge is 0.306 e. The van der Waals surface area contributed by atoms with Gasteiger partial charge < -0.3 is 9.64 Å². The standard InChI is InChI=1S/C13H19NO3/c1-3-17-11(15)9-13-7-4-5-10(6-8-13)14(2)12(13)16/h4-5,10H,3,6-9H2,1-2H3. The first kappa shape index (κ1) is 12.1. The van der Waals surface area contributed by atoms with Gasteiger partial charge in [0.2, 0.25) is 5.91 Å². The van der Waals surface area contributed by atoms with Gasteiger partial charge in [0.1, 0.15) is 0 Å². The number of likely N-dealkylation sites (N-methyl/N-ethyl adjacent to an activating group) is 1.